The Morgan fingerprint density at radius 2 is 2.28 bits per heavy atom. The number of aliphatic carboxylic acids is 1. The minimum atomic E-state index is -0.813. The number of carbonyl (C=O) groups is 2. The lowest BCUT2D eigenvalue weighted by molar-refractivity contribution is -0.148. The van der Waals surface area contributed by atoms with Crippen LogP contribution >= 0.6 is 0 Å². The van der Waals surface area contributed by atoms with E-state index in [9.17, 15) is 14.7 Å². The van der Waals surface area contributed by atoms with Crippen molar-refractivity contribution in [2.75, 3.05) is 13.1 Å². The third-order valence-corrected chi connectivity index (χ3v) is 3.72. The second-order valence-corrected chi connectivity index (χ2v) is 4.82. The number of carboxylic acid groups (broad SMARTS) is 1. The van der Waals surface area contributed by atoms with Gasteiger partial charge < -0.3 is 10.0 Å². The number of nitrogens with zero attached hydrogens (tertiary/aromatic N) is 3. The van der Waals surface area contributed by atoms with Crippen molar-refractivity contribution in [2.24, 2.45) is 12.5 Å². The van der Waals surface area contributed by atoms with Gasteiger partial charge in [0.25, 0.3) is 5.91 Å². The first-order chi connectivity index (χ1) is 8.48. The predicted molar refractivity (Wildman–Crippen MR) is 64.1 cm³/mol. The lowest BCUT2D eigenvalue weighted by atomic mass is 9.84. The van der Waals surface area contributed by atoms with E-state index in [0.717, 1.165) is 0 Å². The van der Waals surface area contributed by atoms with Gasteiger partial charge in [-0.05, 0) is 12.8 Å². The molecule has 1 aliphatic rings. The van der Waals surface area contributed by atoms with E-state index in [2.05, 4.69) is 5.10 Å². The van der Waals surface area contributed by atoms with Crippen LogP contribution in [0.1, 0.15) is 30.1 Å². The zero-order valence-corrected chi connectivity index (χ0v) is 10.6. The van der Waals surface area contributed by atoms with Gasteiger partial charge in [0.1, 0.15) is 0 Å². The Morgan fingerprint density at radius 3 is 2.72 bits per heavy atom. The quantitative estimate of drug-likeness (QED) is 0.860. The molecule has 18 heavy (non-hydrogen) atoms. The highest BCUT2D eigenvalue weighted by Gasteiger charge is 2.44. The molecule has 0 bridgehead atoms. The Labute approximate surface area is 105 Å². The summed E-state index contributed by atoms with van der Waals surface area (Å²) in [4.78, 5) is 25.1. The van der Waals surface area contributed by atoms with Gasteiger partial charge in [0.2, 0.25) is 0 Å². The summed E-state index contributed by atoms with van der Waals surface area (Å²) < 4.78 is 1.56. The second kappa shape index (κ2) is 4.44. The average Bonchev–Trinajstić information content (AvgIpc) is 2.95. The van der Waals surface area contributed by atoms with Gasteiger partial charge in [-0.3, -0.25) is 14.3 Å². The summed E-state index contributed by atoms with van der Waals surface area (Å²) in [6, 6.07) is 0. The topological polar surface area (TPSA) is 75.4 Å². The van der Waals surface area contributed by atoms with Gasteiger partial charge in [-0.1, -0.05) is 6.92 Å². The van der Waals surface area contributed by atoms with Crippen LogP contribution in [0.25, 0.3) is 0 Å². The van der Waals surface area contributed by atoms with E-state index < -0.39 is 11.4 Å². The molecule has 1 aliphatic heterocycles. The number of amides is 1. The lowest BCUT2D eigenvalue weighted by Crippen LogP contribution is -2.36. The average molecular weight is 251 g/mol. The van der Waals surface area contributed by atoms with Gasteiger partial charge in [-0.15, -0.1) is 0 Å². The molecule has 0 aromatic carbocycles. The smallest absolute Gasteiger partial charge is 0.311 e. The maximum absolute atomic E-state index is 12.2. The molecule has 1 unspecified atom stereocenters. The van der Waals surface area contributed by atoms with E-state index in [0.29, 0.717) is 24.9 Å². The van der Waals surface area contributed by atoms with Crippen molar-refractivity contribution in [3.63, 3.8) is 0 Å². The molecule has 0 aliphatic carbocycles. The maximum Gasteiger partial charge on any atom is 0.311 e. The largest absolute Gasteiger partial charge is 0.481 e. The Morgan fingerprint density at radius 1 is 1.56 bits per heavy atom. The SMILES string of the molecule is CCC1(C(=O)O)CCN(C(=O)c2cnn(C)c2)C1. The minimum Gasteiger partial charge on any atom is -0.481 e. The molecule has 1 fully saturated rings. The van der Waals surface area contributed by atoms with Crippen LogP contribution in [0.3, 0.4) is 0 Å². The van der Waals surface area contributed by atoms with Crippen LogP contribution < -0.4 is 0 Å². The summed E-state index contributed by atoms with van der Waals surface area (Å²) in [6.45, 7) is 2.63. The van der Waals surface area contributed by atoms with Gasteiger partial charge in [0.05, 0.1) is 17.2 Å². The van der Waals surface area contributed by atoms with Crippen molar-refractivity contribution >= 4 is 11.9 Å². The van der Waals surface area contributed by atoms with E-state index >= 15 is 0 Å². The summed E-state index contributed by atoms with van der Waals surface area (Å²) in [7, 11) is 1.74. The molecule has 0 spiro atoms. The lowest BCUT2D eigenvalue weighted by Gasteiger charge is -2.22. The van der Waals surface area contributed by atoms with Crippen LogP contribution in [0, 0.1) is 5.41 Å². The van der Waals surface area contributed by atoms with E-state index in [1.807, 2.05) is 6.92 Å². The van der Waals surface area contributed by atoms with E-state index in [4.69, 9.17) is 0 Å². The molecule has 2 heterocycles. The Balaban J connectivity index is 2.13. The van der Waals surface area contributed by atoms with Gasteiger partial charge in [0.15, 0.2) is 0 Å². The number of aromatic nitrogens is 2. The first-order valence-electron chi connectivity index (χ1n) is 6.00. The standard InChI is InChI=1S/C12H17N3O3/c1-3-12(11(17)18)4-5-15(8-12)10(16)9-6-13-14(2)7-9/h6-7H,3-5,8H2,1-2H3,(H,17,18). The van der Waals surface area contributed by atoms with E-state index in [-0.39, 0.29) is 12.5 Å². The number of hydrogen-bond acceptors (Lipinski definition) is 3. The molecular weight excluding hydrogens is 234 g/mol. The zero-order chi connectivity index (χ0) is 13.3. The number of carboxylic acids is 1. The number of hydrogen-bond donors (Lipinski definition) is 1. The third kappa shape index (κ3) is 1.98. The number of aryl methyl sites for hydroxylation is 1. The molecule has 0 saturated carbocycles. The van der Waals surface area contributed by atoms with Crippen LogP contribution in [-0.4, -0.2) is 44.8 Å². The number of rotatable bonds is 3. The summed E-state index contributed by atoms with van der Waals surface area (Å²) >= 11 is 0. The molecule has 0 radical (unpaired) electrons. The van der Waals surface area contributed by atoms with Crippen molar-refractivity contribution in [2.45, 2.75) is 19.8 Å². The third-order valence-electron chi connectivity index (χ3n) is 3.72. The first-order valence-corrected chi connectivity index (χ1v) is 6.00. The molecule has 1 aromatic heterocycles. The summed E-state index contributed by atoms with van der Waals surface area (Å²) in [6.07, 6.45) is 4.22. The monoisotopic (exact) mass is 251 g/mol. The van der Waals surface area contributed by atoms with Crippen LogP contribution in [0.4, 0.5) is 0 Å². The molecule has 1 N–H and O–H groups in total. The number of carbonyl (C=O) groups excluding carboxylic acids is 1. The molecule has 6 nitrogen and oxygen atoms in total. The van der Waals surface area contributed by atoms with Crippen LogP contribution in [0.2, 0.25) is 0 Å². The molecule has 1 amide bonds. The maximum atomic E-state index is 12.2. The first kappa shape index (κ1) is 12.6. The van der Waals surface area contributed by atoms with Gasteiger partial charge in [0, 0.05) is 26.3 Å². The highest BCUT2D eigenvalue weighted by molar-refractivity contribution is 5.94. The molecule has 2 rings (SSSR count). The molecule has 6 heteroatoms. The van der Waals surface area contributed by atoms with Crippen LogP contribution in [0.15, 0.2) is 12.4 Å². The highest BCUT2D eigenvalue weighted by atomic mass is 16.4. The fraction of sp³-hybridized carbons (Fsp3) is 0.583. The van der Waals surface area contributed by atoms with Crippen molar-refractivity contribution in [3.05, 3.63) is 18.0 Å². The van der Waals surface area contributed by atoms with Crippen LogP contribution in [-0.2, 0) is 11.8 Å². The second-order valence-electron chi connectivity index (χ2n) is 4.82. The predicted octanol–water partition coefficient (Wildman–Crippen LogP) is 0.747. The van der Waals surface area contributed by atoms with Crippen molar-refractivity contribution < 1.29 is 14.7 Å². The van der Waals surface area contributed by atoms with Gasteiger partial charge >= 0.3 is 5.97 Å². The fourth-order valence-electron chi connectivity index (χ4n) is 2.37. The van der Waals surface area contributed by atoms with Crippen molar-refractivity contribution in [1.29, 1.82) is 0 Å². The summed E-state index contributed by atoms with van der Waals surface area (Å²) in [5, 5.41) is 13.2. The summed E-state index contributed by atoms with van der Waals surface area (Å²) in [5.74, 6) is -0.953. The van der Waals surface area contributed by atoms with E-state index in [1.165, 1.54) is 6.20 Å². The van der Waals surface area contributed by atoms with E-state index in [1.54, 1.807) is 22.8 Å². The normalized spacial score (nSPS) is 23.3. The van der Waals surface area contributed by atoms with Crippen molar-refractivity contribution in [1.82, 2.24) is 14.7 Å². The Bertz CT molecular complexity index is 483. The molecule has 1 atom stereocenters. The fourth-order valence-corrected chi connectivity index (χ4v) is 2.37. The molecule has 98 valence electrons. The molecular formula is C12H17N3O3. The highest BCUT2D eigenvalue weighted by Crippen LogP contribution is 2.34. The molecule has 1 saturated heterocycles. The Kier molecular flexibility index (Phi) is 3.11. The van der Waals surface area contributed by atoms with Gasteiger partial charge in [-0.25, -0.2) is 0 Å². The van der Waals surface area contributed by atoms with Gasteiger partial charge in [-0.2, -0.15) is 5.10 Å². The Hall–Kier alpha value is -1.85. The molecule has 1 aromatic rings. The minimum absolute atomic E-state index is 0.139. The summed E-state index contributed by atoms with van der Waals surface area (Å²) in [5.41, 5.74) is -0.271. The number of likely N-dealkylation sites (tertiary alicyclic amines) is 1. The zero-order valence-electron chi connectivity index (χ0n) is 10.6. The van der Waals surface area contributed by atoms with Crippen LogP contribution in [0.5, 0.6) is 0 Å². The van der Waals surface area contributed by atoms with Crippen molar-refractivity contribution in [3.8, 4) is 0 Å².